The first-order valence-electron chi connectivity index (χ1n) is 6.77. The molecule has 2 bridgehead atoms. The van der Waals surface area contributed by atoms with Crippen molar-refractivity contribution in [2.24, 2.45) is 10.8 Å². The van der Waals surface area contributed by atoms with E-state index in [1.807, 2.05) is 0 Å². The molecule has 3 rings (SSSR count). The van der Waals surface area contributed by atoms with E-state index < -0.39 is 0 Å². The molecule has 1 saturated carbocycles. The van der Waals surface area contributed by atoms with E-state index in [1.54, 1.807) is 0 Å². The molecular formula is C15H23ClO. The van der Waals surface area contributed by atoms with Gasteiger partial charge in [0.25, 0.3) is 0 Å². The summed E-state index contributed by atoms with van der Waals surface area (Å²) in [5.74, 6) is 0. The highest BCUT2D eigenvalue weighted by atomic mass is 35.5. The van der Waals surface area contributed by atoms with Crippen molar-refractivity contribution in [1.29, 1.82) is 0 Å². The second kappa shape index (κ2) is 3.11. The molecule has 2 aliphatic carbocycles. The zero-order chi connectivity index (χ0) is 12.5. The molecule has 3 aliphatic rings. The molecule has 0 amide bonds. The summed E-state index contributed by atoms with van der Waals surface area (Å²) in [4.78, 5) is -0.171. The van der Waals surface area contributed by atoms with Gasteiger partial charge in [-0.3, -0.25) is 0 Å². The molecule has 17 heavy (non-hydrogen) atoms. The summed E-state index contributed by atoms with van der Waals surface area (Å²) in [7, 11) is 0. The molecule has 0 radical (unpaired) electrons. The predicted octanol–water partition coefficient (Wildman–Crippen LogP) is 4.30. The van der Waals surface area contributed by atoms with Crippen molar-refractivity contribution in [3.63, 3.8) is 0 Å². The standard InChI is InChI=1S/C15H23ClO/c1-12(2)6-5-7-14(4)15(12)9-8-13(3,16)11(10-15)17-14/h5,7,11H,6,8-10H2,1-4H3/t11-,13+,14+,15-/m1/s1. The predicted molar refractivity (Wildman–Crippen MR) is 71.4 cm³/mol. The zero-order valence-electron chi connectivity index (χ0n) is 11.3. The Hall–Kier alpha value is -0.0100. The van der Waals surface area contributed by atoms with E-state index in [4.69, 9.17) is 16.3 Å². The summed E-state index contributed by atoms with van der Waals surface area (Å²) in [5.41, 5.74) is 0.499. The van der Waals surface area contributed by atoms with Crippen LogP contribution in [0.4, 0.5) is 0 Å². The maximum Gasteiger partial charge on any atom is 0.0901 e. The molecular weight excluding hydrogens is 232 g/mol. The van der Waals surface area contributed by atoms with E-state index in [0.717, 1.165) is 19.3 Å². The Morgan fingerprint density at radius 1 is 1.18 bits per heavy atom. The molecule has 96 valence electrons. The van der Waals surface area contributed by atoms with Gasteiger partial charge in [0.1, 0.15) is 0 Å². The van der Waals surface area contributed by atoms with Gasteiger partial charge in [-0.25, -0.2) is 0 Å². The van der Waals surface area contributed by atoms with Crippen molar-refractivity contribution < 1.29 is 4.74 Å². The topological polar surface area (TPSA) is 9.23 Å². The van der Waals surface area contributed by atoms with Gasteiger partial charge in [-0.05, 0) is 44.9 Å². The molecule has 4 atom stereocenters. The third kappa shape index (κ3) is 1.30. The Bertz CT molecular complexity index is 384. The van der Waals surface area contributed by atoms with Crippen molar-refractivity contribution in [3.8, 4) is 0 Å². The van der Waals surface area contributed by atoms with E-state index in [1.165, 1.54) is 6.42 Å². The second-order valence-electron chi connectivity index (χ2n) is 7.27. The molecule has 1 heterocycles. The van der Waals surface area contributed by atoms with Gasteiger partial charge in [0.2, 0.25) is 0 Å². The van der Waals surface area contributed by atoms with E-state index in [2.05, 4.69) is 39.8 Å². The summed E-state index contributed by atoms with van der Waals surface area (Å²) in [6.45, 7) is 9.21. The number of halogens is 1. The van der Waals surface area contributed by atoms with Gasteiger partial charge in [0.15, 0.2) is 0 Å². The van der Waals surface area contributed by atoms with Crippen LogP contribution in [0.1, 0.15) is 53.4 Å². The Morgan fingerprint density at radius 3 is 2.59 bits per heavy atom. The van der Waals surface area contributed by atoms with Crippen molar-refractivity contribution in [1.82, 2.24) is 0 Å². The van der Waals surface area contributed by atoms with Crippen molar-refractivity contribution in [2.45, 2.75) is 70.0 Å². The maximum absolute atomic E-state index is 6.63. The number of rotatable bonds is 0. The van der Waals surface area contributed by atoms with Crippen LogP contribution in [0.25, 0.3) is 0 Å². The van der Waals surface area contributed by atoms with E-state index >= 15 is 0 Å². The lowest BCUT2D eigenvalue weighted by Gasteiger charge is -2.55. The Balaban J connectivity index is 2.11. The van der Waals surface area contributed by atoms with Crippen LogP contribution in [0.3, 0.4) is 0 Å². The molecule has 1 saturated heterocycles. The summed E-state index contributed by atoms with van der Waals surface area (Å²) >= 11 is 6.63. The van der Waals surface area contributed by atoms with Crippen LogP contribution in [0.15, 0.2) is 12.2 Å². The average Bonchev–Trinajstić information content (AvgIpc) is 2.46. The lowest BCUT2D eigenvalue weighted by molar-refractivity contribution is -0.0827. The molecule has 1 spiro atoms. The van der Waals surface area contributed by atoms with Gasteiger partial charge in [-0.1, -0.05) is 26.0 Å². The summed E-state index contributed by atoms with van der Waals surface area (Å²) in [6, 6.07) is 0. The Labute approximate surface area is 110 Å². The molecule has 0 unspecified atom stereocenters. The highest BCUT2D eigenvalue weighted by molar-refractivity contribution is 6.24. The quantitative estimate of drug-likeness (QED) is 0.463. The van der Waals surface area contributed by atoms with Gasteiger partial charge in [0.05, 0.1) is 16.6 Å². The van der Waals surface area contributed by atoms with Gasteiger partial charge in [0, 0.05) is 5.41 Å². The van der Waals surface area contributed by atoms with E-state index in [-0.39, 0.29) is 22.0 Å². The lowest BCUT2D eigenvalue weighted by atomic mass is 9.49. The summed E-state index contributed by atoms with van der Waals surface area (Å²) in [6.07, 6.45) is 9.38. The third-order valence-corrected chi connectivity index (χ3v) is 6.38. The molecule has 1 aliphatic heterocycles. The van der Waals surface area contributed by atoms with Crippen molar-refractivity contribution >= 4 is 11.6 Å². The SMILES string of the molecule is CC1(C)CC=C[C@]2(C)O[C@@H]3C[C@]12CC[C@]3(C)Cl. The number of ether oxygens (including phenoxy) is 1. The van der Waals surface area contributed by atoms with Crippen LogP contribution in [0.5, 0.6) is 0 Å². The average molecular weight is 255 g/mol. The number of fused-ring (bicyclic) bond motifs is 1. The first-order valence-corrected chi connectivity index (χ1v) is 7.15. The first kappa shape index (κ1) is 12.0. The number of hydrogen-bond donors (Lipinski definition) is 0. The summed E-state index contributed by atoms with van der Waals surface area (Å²) < 4.78 is 6.40. The molecule has 0 N–H and O–H groups in total. The fourth-order valence-electron chi connectivity index (χ4n) is 4.53. The van der Waals surface area contributed by atoms with Crippen LogP contribution in [-0.2, 0) is 4.74 Å². The maximum atomic E-state index is 6.63. The smallest absolute Gasteiger partial charge is 0.0901 e. The van der Waals surface area contributed by atoms with E-state index in [9.17, 15) is 0 Å². The second-order valence-corrected chi connectivity index (χ2v) is 8.13. The number of hydrogen-bond acceptors (Lipinski definition) is 1. The monoisotopic (exact) mass is 254 g/mol. The van der Waals surface area contributed by atoms with Crippen LogP contribution in [-0.4, -0.2) is 16.6 Å². The number of alkyl halides is 1. The minimum Gasteiger partial charge on any atom is -0.366 e. The molecule has 1 nitrogen and oxygen atoms in total. The Morgan fingerprint density at radius 2 is 1.88 bits per heavy atom. The molecule has 0 aromatic heterocycles. The van der Waals surface area contributed by atoms with Crippen LogP contribution in [0, 0.1) is 10.8 Å². The van der Waals surface area contributed by atoms with E-state index in [0.29, 0.717) is 5.41 Å². The minimum absolute atomic E-state index is 0.105. The van der Waals surface area contributed by atoms with Gasteiger partial charge in [-0.15, -0.1) is 11.6 Å². The highest BCUT2D eigenvalue weighted by Crippen LogP contribution is 2.68. The van der Waals surface area contributed by atoms with Crippen LogP contribution >= 0.6 is 11.6 Å². The first-order chi connectivity index (χ1) is 7.73. The van der Waals surface area contributed by atoms with Crippen molar-refractivity contribution in [3.05, 3.63) is 12.2 Å². The molecule has 0 aromatic rings. The van der Waals surface area contributed by atoms with Crippen LogP contribution in [0.2, 0.25) is 0 Å². The van der Waals surface area contributed by atoms with Gasteiger partial charge < -0.3 is 4.74 Å². The molecule has 0 aromatic carbocycles. The highest BCUT2D eigenvalue weighted by Gasteiger charge is 2.67. The van der Waals surface area contributed by atoms with Gasteiger partial charge in [-0.2, -0.15) is 0 Å². The van der Waals surface area contributed by atoms with Gasteiger partial charge >= 0.3 is 0 Å². The normalized spacial score (nSPS) is 55.7. The minimum atomic E-state index is -0.171. The van der Waals surface area contributed by atoms with Crippen LogP contribution < -0.4 is 0 Å². The Kier molecular flexibility index (Phi) is 2.20. The molecule has 2 fully saturated rings. The van der Waals surface area contributed by atoms with Crippen molar-refractivity contribution in [2.75, 3.05) is 0 Å². The summed E-state index contributed by atoms with van der Waals surface area (Å²) in [5, 5.41) is 0. The largest absolute Gasteiger partial charge is 0.366 e. The lowest BCUT2D eigenvalue weighted by Crippen LogP contribution is -2.53. The molecule has 2 heteroatoms. The third-order valence-electron chi connectivity index (χ3n) is 5.94. The fourth-order valence-corrected chi connectivity index (χ4v) is 4.75. The fraction of sp³-hybridized carbons (Fsp3) is 0.867. The number of allylic oxidation sites excluding steroid dienone is 1. The zero-order valence-corrected chi connectivity index (χ0v) is 12.1.